The third-order valence-corrected chi connectivity index (χ3v) is 4.05. The SMILES string of the molecule is COc1ccc(OCC(=O)N2CCC[C@@H]2c2ccnc(=O)[nH]2)cc1. The number of carbonyl (C=O) groups excluding carboxylic acids is 1. The predicted molar refractivity (Wildman–Crippen MR) is 87.0 cm³/mol. The van der Waals surface area contributed by atoms with Gasteiger partial charge in [0, 0.05) is 18.4 Å². The number of aromatic amines is 1. The molecule has 0 spiro atoms. The molecular formula is C17H19N3O4. The summed E-state index contributed by atoms with van der Waals surface area (Å²) in [5.41, 5.74) is 0.312. The van der Waals surface area contributed by atoms with E-state index in [-0.39, 0.29) is 18.6 Å². The molecule has 7 heteroatoms. The van der Waals surface area contributed by atoms with Gasteiger partial charge in [0.1, 0.15) is 11.5 Å². The third-order valence-electron chi connectivity index (χ3n) is 4.05. The van der Waals surface area contributed by atoms with Crippen LogP contribution in [0.5, 0.6) is 11.5 Å². The minimum Gasteiger partial charge on any atom is -0.497 e. The second-order valence-electron chi connectivity index (χ2n) is 5.54. The molecule has 1 atom stereocenters. The van der Waals surface area contributed by atoms with Crippen molar-refractivity contribution in [3.8, 4) is 11.5 Å². The van der Waals surface area contributed by atoms with Crippen molar-refractivity contribution >= 4 is 5.91 Å². The van der Waals surface area contributed by atoms with Crippen molar-refractivity contribution in [2.24, 2.45) is 0 Å². The van der Waals surface area contributed by atoms with Gasteiger partial charge in [-0.25, -0.2) is 9.78 Å². The summed E-state index contributed by atoms with van der Waals surface area (Å²) in [5, 5.41) is 0. The molecule has 1 saturated heterocycles. The van der Waals surface area contributed by atoms with Crippen molar-refractivity contribution < 1.29 is 14.3 Å². The number of methoxy groups -OCH3 is 1. The van der Waals surface area contributed by atoms with Crippen LogP contribution in [0.25, 0.3) is 0 Å². The van der Waals surface area contributed by atoms with Crippen LogP contribution in [0.1, 0.15) is 24.6 Å². The van der Waals surface area contributed by atoms with Crippen LogP contribution >= 0.6 is 0 Å². The van der Waals surface area contributed by atoms with Crippen LogP contribution in [0.3, 0.4) is 0 Å². The van der Waals surface area contributed by atoms with Gasteiger partial charge in [-0.3, -0.25) is 4.79 Å². The highest BCUT2D eigenvalue weighted by atomic mass is 16.5. The molecule has 1 aliphatic heterocycles. The second kappa shape index (κ2) is 7.16. The van der Waals surface area contributed by atoms with Crippen LogP contribution in [0, 0.1) is 0 Å². The summed E-state index contributed by atoms with van der Waals surface area (Å²) in [6.07, 6.45) is 3.17. The quantitative estimate of drug-likeness (QED) is 0.899. The van der Waals surface area contributed by atoms with Crippen molar-refractivity contribution in [2.75, 3.05) is 20.3 Å². The molecule has 24 heavy (non-hydrogen) atoms. The number of ether oxygens (including phenoxy) is 2. The largest absolute Gasteiger partial charge is 0.497 e. The van der Waals surface area contributed by atoms with E-state index in [9.17, 15) is 9.59 Å². The monoisotopic (exact) mass is 329 g/mol. The lowest BCUT2D eigenvalue weighted by Crippen LogP contribution is -2.35. The van der Waals surface area contributed by atoms with Gasteiger partial charge < -0.3 is 19.4 Å². The standard InChI is InChI=1S/C17H19N3O4/c1-23-12-4-6-13(7-5-12)24-11-16(21)20-10-2-3-15(20)14-8-9-18-17(22)19-14/h4-9,15H,2-3,10-11H2,1H3,(H,18,19,22)/t15-/m1/s1. The Hall–Kier alpha value is -2.83. The van der Waals surface area contributed by atoms with Crippen LogP contribution < -0.4 is 15.2 Å². The summed E-state index contributed by atoms with van der Waals surface area (Å²) >= 11 is 0. The molecule has 0 unspecified atom stereocenters. The van der Waals surface area contributed by atoms with Gasteiger partial charge in [-0.05, 0) is 43.2 Å². The maximum atomic E-state index is 12.5. The number of rotatable bonds is 5. The molecule has 0 bridgehead atoms. The molecule has 1 aliphatic rings. The molecule has 126 valence electrons. The highest BCUT2D eigenvalue weighted by Gasteiger charge is 2.30. The van der Waals surface area contributed by atoms with E-state index in [1.54, 1.807) is 42.3 Å². The van der Waals surface area contributed by atoms with E-state index in [0.29, 0.717) is 18.0 Å². The van der Waals surface area contributed by atoms with Crippen molar-refractivity contribution in [1.82, 2.24) is 14.9 Å². The number of benzene rings is 1. The van der Waals surface area contributed by atoms with Gasteiger partial charge in [0.15, 0.2) is 6.61 Å². The highest BCUT2D eigenvalue weighted by molar-refractivity contribution is 5.78. The van der Waals surface area contributed by atoms with Crippen LogP contribution in [0.15, 0.2) is 41.3 Å². The molecule has 3 rings (SSSR count). The fourth-order valence-electron chi connectivity index (χ4n) is 2.87. The summed E-state index contributed by atoms with van der Waals surface area (Å²) in [7, 11) is 1.59. The zero-order valence-electron chi connectivity index (χ0n) is 13.4. The molecule has 2 heterocycles. The molecule has 0 aliphatic carbocycles. The summed E-state index contributed by atoms with van der Waals surface area (Å²) in [4.78, 5) is 31.9. The van der Waals surface area contributed by atoms with E-state index in [0.717, 1.165) is 18.6 Å². The zero-order chi connectivity index (χ0) is 16.9. The zero-order valence-corrected chi connectivity index (χ0v) is 13.4. The normalized spacial score (nSPS) is 16.9. The number of hydrogen-bond donors (Lipinski definition) is 1. The number of nitrogens with zero attached hydrogens (tertiary/aromatic N) is 2. The highest BCUT2D eigenvalue weighted by Crippen LogP contribution is 2.30. The van der Waals surface area contributed by atoms with Crippen LogP contribution in [-0.2, 0) is 4.79 Å². The summed E-state index contributed by atoms with van der Waals surface area (Å²) in [6, 6.07) is 8.68. The Morgan fingerprint density at radius 1 is 1.29 bits per heavy atom. The Morgan fingerprint density at radius 3 is 2.75 bits per heavy atom. The first-order chi connectivity index (χ1) is 11.7. The summed E-state index contributed by atoms with van der Waals surface area (Å²) in [5.74, 6) is 1.23. The van der Waals surface area contributed by atoms with Gasteiger partial charge in [-0.15, -0.1) is 0 Å². The summed E-state index contributed by atoms with van der Waals surface area (Å²) in [6.45, 7) is 0.609. The molecule has 0 radical (unpaired) electrons. The molecule has 1 aromatic heterocycles. The van der Waals surface area contributed by atoms with E-state index in [1.807, 2.05) is 0 Å². The van der Waals surface area contributed by atoms with Gasteiger partial charge in [-0.1, -0.05) is 0 Å². The maximum Gasteiger partial charge on any atom is 0.345 e. The van der Waals surface area contributed by atoms with Gasteiger partial charge in [-0.2, -0.15) is 0 Å². The van der Waals surface area contributed by atoms with Crippen molar-refractivity contribution in [3.05, 3.63) is 52.7 Å². The minimum atomic E-state index is -0.402. The number of hydrogen-bond acceptors (Lipinski definition) is 5. The van der Waals surface area contributed by atoms with Gasteiger partial charge >= 0.3 is 5.69 Å². The first kappa shape index (κ1) is 16.0. The van der Waals surface area contributed by atoms with Crippen molar-refractivity contribution in [3.63, 3.8) is 0 Å². The lowest BCUT2D eigenvalue weighted by atomic mass is 10.1. The number of aromatic nitrogens is 2. The first-order valence-corrected chi connectivity index (χ1v) is 7.79. The van der Waals surface area contributed by atoms with Gasteiger partial charge in [0.25, 0.3) is 5.91 Å². The molecule has 1 aromatic carbocycles. The Morgan fingerprint density at radius 2 is 2.04 bits per heavy atom. The number of amides is 1. The van der Waals surface area contributed by atoms with E-state index >= 15 is 0 Å². The fraction of sp³-hybridized carbons (Fsp3) is 0.353. The molecule has 1 N–H and O–H groups in total. The van der Waals surface area contributed by atoms with E-state index in [1.165, 1.54) is 6.20 Å². The lowest BCUT2D eigenvalue weighted by Gasteiger charge is -2.24. The predicted octanol–water partition coefficient (Wildman–Crippen LogP) is 1.52. The maximum absolute atomic E-state index is 12.5. The summed E-state index contributed by atoms with van der Waals surface area (Å²) < 4.78 is 10.6. The molecule has 2 aromatic rings. The molecule has 7 nitrogen and oxygen atoms in total. The topological polar surface area (TPSA) is 84.5 Å². The Balaban J connectivity index is 1.64. The van der Waals surface area contributed by atoms with Crippen LogP contribution in [0.2, 0.25) is 0 Å². The lowest BCUT2D eigenvalue weighted by molar-refractivity contribution is -0.134. The van der Waals surface area contributed by atoms with E-state index < -0.39 is 5.69 Å². The molecule has 1 amide bonds. The number of carbonyl (C=O) groups is 1. The van der Waals surface area contributed by atoms with Gasteiger partial charge in [0.05, 0.1) is 13.2 Å². The van der Waals surface area contributed by atoms with Gasteiger partial charge in [0.2, 0.25) is 0 Å². The number of H-pyrrole nitrogens is 1. The van der Waals surface area contributed by atoms with E-state index in [4.69, 9.17) is 9.47 Å². The second-order valence-corrected chi connectivity index (χ2v) is 5.54. The number of likely N-dealkylation sites (tertiary alicyclic amines) is 1. The molecular weight excluding hydrogens is 310 g/mol. The average Bonchev–Trinajstić information content (AvgIpc) is 3.10. The molecule has 1 fully saturated rings. The third kappa shape index (κ3) is 3.56. The smallest absolute Gasteiger partial charge is 0.345 e. The average molecular weight is 329 g/mol. The fourth-order valence-corrected chi connectivity index (χ4v) is 2.87. The minimum absolute atomic E-state index is 0.0435. The number of nitrogens with one attached hydrogen (secondary N) is 1. The Labute approximate surface area is 139 Å². The Kier molecular flexibility index (Phi) is 4.79. The van der Waals surface area contributed by atoms with Crippen LogP contribution in [0.4, 0.5) is 0 Å². The van der Waals surface area contributed by atoms with Crippen molar-refractivity contribution in [2.45, 2.75) is 18.9 Å². The molecule has 0 saturated carbocycles. The van der Waals surface area contributed by atoms with Crippen molar-refractivity contribution in [1.29, 1.82) is 0 Å². The van der Waals surface area contributed by atoms with Crippen LogP contribution in [-0.4, -0.2) is 41.0 Å². The van der Waals surface area contributed by atoms with E-state index in [2.05, 4.69) is 9.97 Å². The first-order valence-electron chi connectivity index (χ1n) is 7.79. The Bertz CT molecular complexity index is 757.